The molecule has 1 unspecified atom stereocenters. The van der Waals surface area contributed by atoms with Crippen LogP contribution in [-0.2, 0) is 0 Å². The first-order valence-electron chi connectivity index (χ1n) is 3.70. The zero-order chi connectivity index (χ0) is 8.91. The van der Waals surface area contributed by atoms with Crippen LogP contribution < -0.4 is 11.5 Å². The van der Waals surface area contributed by atoms with Gasteiger partial charge in [-0.3, -0.25) is 4.99 Å². The average Bonchev–Trinajstić information content (AvgIpc) is 2.00. The van der Waals surface area contributed by atoms with E-state index in [1.54, 1.807) is 0 Å². The number of hydrogen-bond acceptors (Lipinski definition) is 2. The first-order valence-corrected chi connectivity index (χ1v) is 3.70. The van der Waals surface area contributed by atoms with E-state index in [0.29, 0.717) is 6.54 Å². The smallest absolute Gasteiger partial charge is 0.185 e. The van der Waals surface area contributed by atoms with E-state index in [4.69, 9.17) is 16.6 Å². The number of aliphatic imine (C=N–C) groups is 1. The molecule has 5 N–H and O–H groups in total. The van der Waals surface area contributed by atoms with Gasteiger partial charge in [0.1, 0.15) is 0 Å². The Hall–Kier alpha value is -0.770. The summed E-state index contributed by atoms with van der Waals surface area (Å²) in [6.45, 7) is 4.54. The predicted molar refractivity (Wildman–Crippen MR) is 46.2 cm³/mol. The van der Waals surface area contributed by atoms with E-state index < -0.39 is 0 Å². The van der Waals surface area contributed by atoms with E-state index in [-0.39, 0.29) is 18.0 Å². The van der Waals surface area contributed by atoms with Crippen molar-refractivity contribution in [3.8, 4) is 0 Å². The van der Waals surface area contributed by atoms with Crippen molar-refractivity contribution in [2.24, 2.45) is 21.9 Å². The number of nitrogens with two attached hydrogens (primary N) is 2. The Balaban J connectivity index is 3.98. The van der Waals surface area contributed by atoms with E-state index in [9.17, 15) is 0 Å². The van der Waals surface area contributed by atoms with Gasteiger partial charge in [0.2, 0.25) is 0 Å². The number of guanidine groups is 1. The van der Waals surface area contributed by atoms with Crippen molar-refractivity contribution in [1.29, 1.82) is 0 Å². The standard InChI is InChI=1S/C7H17N3O/c1-3-7(2,5-11)4-10-6(8)9/h11H,3-5H2,1-2H3,(H4,8,9,10). The van der Waals surface area contributed by atoms with Crippen molar-refractivity contribution in [3.05, 3.63) is 0 Å². The zero-order valence-electron chi connectivity index (χ0n) is 7.17. The highest BCUT2D eigenvalue weighted by atomic mass is 16.3. The molecule has 0 saturated heterocycles. The van der Waals surface area contributed by atoms with Gasteiger partial charge < -0.3 is 16.6 Å². The minimum atomic E-state index is -0.177. The molecule has 4 nitrogen and oxygen atoms in total. The van der Waals surface area contributed by atoms with Gasteiger partial charge in [0.05, 0.1) is 13.2 Å². The van der Waals surface area contributed by atoms with Crippen LogP contribution in [0.25, 0.3) is 0 Å². The highest BCUT2D eigenvalue weighted by Crippen LogP contribution is 2.19. The summed E-state index contributed by atoms with van der Waals surface area (Å²) in [7, 11) is 0. The fourth-order valence-electron chi connectivity index (χ4n) is 0.556. The number of nitrogens with zero attached hydrogens (tertiary/aromatic N) is 1. The van der Waals surface area contributed by atoms with E-state index in [0.717, 1.165) is 6.42 Å². The molecule has 11 heavy (non-hydrogen) atoms. The van der Waals surface area contributed by atoms with Gasteiger partial charge in [-0.05, 0) is 6.42 Å². The Morgan fingerprint density at radius 3 is 2.36 bits per heavy atom. The maximum absolute atomic E-state index is 8.95. The summed E-state index contributed by atoms with van der Waals surface area (Å²) in [5.41, 5.74) is 10.1. The van der Waals surface area contributed by atoms with Crippen LogP contribution in [0.5, 0.6) is 0 Å². The lowest BCUT2D eigenvalue weighted by atomic mass is 9.89. The van der Waals surface area contributed by atoms with Crippen molar-refractivity contribution >= 4 is 5.96 Å². The summed E-state index contributed by atoms with van der Waals surface area (Å²) in [5.74, 6) is 0.0816. The molecule has 66 valence electrons. The molecule has 1 atom stereocenters. The molecule has 0 aromatic heterocycles. The summed E-state index contributed by atoms with van der Waals surface area (Å²) >= 11 is 0. The number of hydrogen-bond donors (Lipinski definition) is 3. The summed E-state index contributed by atoms with van der Waals surface area (Å²) in [5, 5.41) is 8.95. The zero-order valence-corrected chi connectivity index (χ0v) is 7.17. The molecule has 0 amide bonds. The highest BCUT2D eigenvalue weighted by Gasteiger charge is 2.19. The third kappa shape index (κ3) is 3.83. The van der Waals surface area contributed by atoms with Crippen LogP contribution in [0, 0.1) is 5.41 Å². The first-order chi connectivity index (χ1) is 5.04. The van der Waals surface area contributed by atoms with Crippen LogP contribution in [0.4, 0.5) is 0 Å². The Kier molecular flexibility index (Phi) is 3.89. The van der Waals surface area contributed by atoms with Gasteiger partial charge in [0.15, 0.2) is 5.96 Å². The maximum Gasteiger partial charge on any atom is 0.185 e. The molecule has 0 rings (SSSR count). The molecule has 0 fully saturated rings. The molecule has 0 aliphatic carbocycles. The lowest BCUT2D eigenvalue weighted by molar-refractivity contribution is 0.146. The topological polar surface area (TPSA) is 84.6 Å². The van der Waals surface area contributed by atoms with Crippen LogP contribution >= 0.6 is 0 Å². The monoisotopic (exact) mass is 159 g/mol. The molecule has 0 bridgehead atoms. The Bertz CT molecular complexity index is 137. The molecular weight excluding hydrogens is 142 g/mol. The van der Waals surface area contributed by atoms with Gasteiger partial charge in [-0.2, -0.15) is 0 Å². The van der Waals surface area contributed by atoms with Crippen molar-refractivity contribution in [2.45, 2.75) is 20.3 Å². The lowest BCUT2D eigenvalue weighted by Crippen LogP contribution is -2.29. The molecule has 0 saturated carbocycles. The van der Waals surface area contributed by atoms with Crippen LogP contribution in [-0.4, -0.2) is 24.2 Å². The van der Waals surface area contributed by atoms with Crippen molar-refractivity contribution in [3.63, 3.8) is 0 Å². The molecule has 0 spiro atoms. The molecule has 4 heteroatoms. The Morgan fingerprint density at radius 1 is 1.55 bits per heavy atom. The number of aliphatic hydroxyl groups is 1. The summed E-state index contributed by atoms with van der Waals surface area (Å²) in [6.07, 6.45) is 0.861. The summed E-state index contributed by atoms with van der Waals surface area (Å²) < 4.78 is 0. The summed E-state index contributed by atoms with van der Waals surface area (Å²) in [4.78, 5) is 3.85. The van der Waals surface area contributed by atoms with Gasteiger partial charge in [-0.1, -0.05) is 13.8 Å². The van der Waals surface area contributed by atoms with Gasteiger partial charge in [0, 0.05) is 5.41 Å². The molecule has 0 aromatic rings. The van der Waals surface area contributed by atoms with Crippen LogP contribution in [0.3, 0.4) is 0 Å². The van der Waals surface area contributed by atoms with Crippen LogP contribution in [0.15, 0.2) is 4.99 Å². The van der Waals surface area contributed by atoms with E-state index >= 15 is 0 Å². The quantitative estimate of drug-likeness (QED) is 0.388. The fourth-order valence-corrected chi connectivity index (χ4v) is 0.556. The fraction of sp³-hybridized carbons (Fsp3) is 0.857. The molecule has 0 aromatic carbocycles. The van der Waals surface area contributed by atoms with E-state index in [1.807, 2.05) is 13.8 Å². The summed E-state index contributed by atoms with van der Waals surface area (Å²) in [6, 6.07) is 0. The van der Waals surface area contributed by atoms with E-state index in [2.05, 4.69) is 4.99 Å². The molecule has 0 aliphatic rings. The Morgan fingerprint density at radius 2 is 2.09 bits per heavy atom. The number of rotatable bonds is 4. The minimum absolute atomic E-state index is 0.0816. The normalized spacial score (nSPS) is 15.5. The molecular formula is C7H17N3O. The second kappa shape index (κ2) is 4.18. The van der Waals surface area contributed by atoms with Crippen LogP contribution in [0.1, 0.15) is 20.3 Å². The molecule has 0 aliphatic heterocycles. The average molecular weight is 159 g/mol. The van der Waals surface area contributed by atoms with Crippen LogP contribution in [0.2, 0.25) is 0 Å². The van der Waals surface area contributed by atoms with Gasteiger partial charge in [-0.25, -0.2) is 0 Å². The van der Waals surface area contributed by atoms with Crippen molar-refractivity contribution < 1.29 is 5.11 Å². The second-order valence-corrected chi connectivity index (χ2v) is 3.06. The number of aliphatic hydroxyl groups excluding tert-OH is 1. The SMILES string of the molecule is CCC(C)(CO)CN=C(N)N. The molecule has 0 heterocycles. The highest BCUT2D eigenvalue weighted by molar-refractivity contribution is 5.75. The Labute approximate surface area is 67.3 Å². The van der Waals surface area contributed by atoms with E-state index in [1.165, 1.54) is 0 Å². The second-order valence-electron chi connectivity index (χ2n) is 3.06. The van der Waals surface area contributed by atoms with Crippen molar-refractivity contribution in [1.82, 2.24) is 0 Å². The predicted octanol–water partition coefficient (Wildman–Crippen LogP) is -0.332. The molecule has 0 radical (unpaired) electrons. The third-order valence-corrected chi connectivity index (χ3v) is 1.88. The van der Waals surface area contributed by atoms with Gasteiger partial charge in [0.25, 0.3) is 0 Å². The minimum Gasteiger partial charge on any atom is -0.396 e. The lowest BCUT2D eigenvalue weighted by Gasteiger charge is -2.22. The van der Waals surface area contributed by atoms with Crippen molar-refractivity contribution in [2.75, 3.05) is 13.2 Å². The largest absolute Gasteiger partial charge is 0.396 e. The first kappa shape index (κ1) is 10.2. The van der Waals surface area contributed by atoms with Gasteiger partial charge >= 0.3 is 0 Å². The third-order valence-electron chi connectivity index (χ3n) is 1.88. The maximum atomic E-state index is 8.95. The van der Waals surface area contributed by atoms with Gasteiger partial charge in [-0.15, -0.1) is 0 Å².